The van der Waals surface area contributed by atoms with E-state index in [0.717, 1.165) is 11.3 Å². The number of esters is 1. The van der Waals surface area contributed by atoms with Crippen molar-refractivity contribution in [2.75, 3.05) is 26.0 Å². The topological polar surface area (TPSA) is 88.8 Å². The molecule has 0 aromatic carbocycles. The van der Waals surface area contributed by atoms with Gasteiger partial charge in [-0.15, -0.1) is 11.3 Å². The maximum atomic E-state index is 12.3. The Balaban J connectivity index is 2.33. The Bertz CT molecular complexity index is 834. The van der Waals surface area contributed by atoms with Gasteiger partial charge < -0.3 is 19.4 Å². The predicted octanol–water partition coefficient (Wildman–Crippen LogP) is 3.18. The smallest absolute Gasteiger partial charge is 0.341 e. The van der Waals surface area contributed by atoms with Crippen molar-refractivity contribution in [3.8, 4) is 0 Å². The van der Waals surface area contributed by atoms with Gasteiger partial charge in [0.25, 0.3) is 5.91 Å². The Hall–Kier alpha value is -2.87. The second-order valence-corrected chi connectivity index (χ2v) is 6.54. The van der Waals surface area contributed by atoms with Gasteiger partial charge in [0.1, 0.15) is 10.8 Å². The zero-order valence-electron chi connectivity index (χ0n) is 15.0. The molecule has 2 aromatic heterocycles. The highest BCUT2D eigenvalue weighted by Crippen LogP contribution is 2.34. The third-order valence-electron chi connectivity index (χ3n) is 3.41. The number of carbonyl (C=O) groups is 3. The summed E-state index contributed by atoms with van der Waals surface area (Å²) < 4.78 is 10.2. The molecule has 0 radical (unpaired) electrons. The van der Waals surface area contributed by atoms with Crippen molar-refractivity contribution < 1.29 is 23.5 Å². The number of furan rings is 1. The Morgan fingerprint density at radius 1 is 1.35 bits per heavy atom. The van der Waals surface area contributed by atoms with Crippen molar-refractivity contribution in [1.29, 1.82) is 0 Å². The molecule has 0 aliphatic heterocycles. The van der Waals surface area contributed by atoms with Crippen LogP contribution in [0.25, 0.3) is 6.08 Å². The molecule has 0 bridgehead atoms. The Morgan fingerprint density at radius 2 is 2.08 bits per heavy atom. The number of nitrogens with one attached hydrogen (secondary N) is 1. The Kier molecular flexibility index (Phi) is 6.35. The van der Waals surface area contributed by atoms with Crippen LogP contribution in [0.5, 0.6) is 0 Å². The van der Waals surface area contributed by atoms with E-state index >= 15 is 0 Å². The van der Waals surface area contributed by atoms with Crippen LogP contribution in [0, 0.1) is 6.92 Å². The lowest BCUT2D eigenvalue weighted by Gasteiger charge is -2.09. The molecule has 2 aromatic rings. The first-order valence-electron chi connectivity index (χ1n) is 7.89. The summed E-state index contributed by atoms with van der Waals surface area (Å²) in [4.78, 5) is 38.6. The fraction of sp³-hybridized carbons (Fsp3) is 0.278. The molecule has 0 aliphatic carbocycles. The largest absolute Gasteiger partial charge is 0.465 e. The zero-order valence-corrected chi connectivity index (χ0v) is 15.8. The van der Waals surface area contributed by atoms with E-state index in [1.807, 2.05) is 0 Å². The van der Waals surface area contributed by atoms with Crippen molar-refractivity contribution in [2.24, 2.45) is 0 Å². The van der Waals surface area contributed by atoms with Gasteiger partial charge in [0.15, 0.2) is 0 Å². The summed E-state index contributed by atoms with van der Waals surface area (Å²) in [6.45, 7) is 3.54. The van der Waals surface area contributed by atoms with Crippen molar-refractivity contribution in [2.45, 2.75) is 13.8 Å². The summed E-state index contributed by atoms with van der Waals surface area (Å²) in [6.07, 6.45) is 4.29. The van der Waals surface area contributed by atoms with Crippen LogP contribution in [0.4, 0.5) is 5.00 Å². The average Bonchev–Trinajstić information content (AvgIpc) is 3.20. The van der Waals surface area contributed by atoms with Crippen LogP contribution in [0.1, 0.15) is 38.3 Å². The summed E-state index contributed by atoms with van der Waals surface area (Å²) in [5, 5.41) is 2.92. The van der Waals surface area contributed by atoms with Gasteiger partial charge in [-0.25, -0.2) is 4.79 Å². The number of hydrogen-bond donors (Lipinski definition) is 1. The molecule has 26 heavy (non-hydrogen) atoms. The van der Waals surface area contributed by atoms with Crippen LogP contribution in [0.3, 0.4) is 0 Å². The van der Waals surface area contributed by atoms with Crippen LogP contribution in [-0.4, -0.2) is 43.4 Å². The number of anilines is 1. The van der Waals surface area contributed by atoms with Crippen molar-refractivity contribution in [1.82, 2.24) is 4.90 Å². The van der Waals surface area contributed by atoms with Gasteiger partial charge in [-0.2, -0.15) is 0 Å². The fourth-order valence-electron chi connectivity index (χ4n) is 2.16. The monoisotopic (exact) mass is 376 g/mol. The number of carbonyl (C=O) groups excluding carboxylic acids is 3. The van der Waals surface area contributed by atoms with Gasteiger partial charge in [0, 0.05) is 20.2 Å². The minimum atomic E-state index is -0.579. The number of nitrogens with zero attached hydrogens (tertiary/aromatic N) is 1. The summed E-state index contributed by atoms with van der Waals surface area (Å²) in [6, 6.07) is 3.41. The first-order chi connectivity index (χ1) is 12.3. The lowest BCUT2D eigenvalue weighted by atomic mass is 10.1. The van der Waals surface area contributed by atoms with Gasteiger partial charge in [0.2, 0.25) is 5.91 Å². The molecule has 2 amide bonds. The first kappa shape index (κ1) is 19.5. The third-order valence-corrected chi connectivity index (χ3v) is 4.60. The van der Waals surface area contributed by atoms with E-state index in [9.17, 15) is 14.4 Å². The second kappa shape index (κ2) is 8.48. The molecular formula is C18H20N2O5S. The number of amides is 2. The van der Waals surface area contributed by atoms with Crippen molar-refractivity contribution >= 4 is 40.2 Å². The minimum Gasteiger partial charge on any atom is -0.465 e. The summed E-state index contributed by atoms with van der Waals surface area (Å²) >= 11 is 1.05. The normalized spacial score (nSPS) is 10.8. The van der Waals surface area contributed by atoms with E-state index in [2.05, 4.69) is 5.32 Å². The minimum absolute atomic E-state index is 0.191. The van der Waals surface area contributed by atoms with E-state index in [-0.39, 0.29) is 23.1 Å². The van der Waals surface area contributed by atoms with Crippen molar-refractivity contribution in [3.63, 3.8) is 0 Å². The molecule has 0 saturated heterocycles. The molecule has 2 heterocycles. The number of thiophene rings is 1. The Morgan fingerprint density at radius 3 is 2.65 bits per heavy atom. The van der Waals surface area contributed by atoms with Crippen LogP contribution >= 0.6 is 11.3 Å². The van der Waals surface area contributed by atoms with Gasteiger partial charge in [0.05, 0.1) is 23.3 Å². The highest BCUT2D eigenvalue weighted by Gasteiger charge is 2.27. The van der Waals surface area contributed by atoms with E-state index in [4.69, 9.17) is 9.15 Å². The standard InChI is InChI=1S/C18H20N2O5S/c1-5-24-18(23)14-11(2)15(17(22)20(3)4)26-16(14)19-13(21)9-8-12-7-6-10-25-12/h6-10H,5H2,1-4H3,(H,19,21)/b9-8+. The molecule has 0 atom stereocenters. The van der Waals surface area contributed by atoms with Crippen LogP contribution in [0.2, 0.25) is 0 Å². The zero-order chi connectivity index (χ0) is 19.3. The quantitative estimate of drug-likeness (QED) is 0.618. The number of rotatable bonds is 6. The van der Waals surface area contributed by atoms with E-state index in [1.54, 1.807) is 40.1 Å². The second-order valence-electron chi connectivity index (χ2n) is 5.52. The van der Waals surface area contributed by atoms with E-state index in [1.165, 1.54) is 23.3 Å². The SMILES string of the molecule is CCOC(=O)c1c(NC(=O)/C=C/c2ccco2)sc(C(=O)N(C)C)c1C. The third kappa shape index (κ3) is 4.40. The van der Waals surface area contributed by atoms with Gasteiger partial charge in [-0.1, -0.05) is 0 Å². The van der Waals surface area contributed by atoms with Crippen molar-refractivity contribution in [3.05, 3.63) is 46.2 Å². The molecule has 7 nitrogen and oxygen atoms in total. The highest BCUT2D eigenvalue weighted by molar-refractivity contribution is 7.18. The molecule has 138 valence electrons. The predicted molar refractivity (Wildman–Crippen MR) is 99.4 cm³/mol. The maximum absolute atomic E-state index is 12.3. The van der Waals surface area contributed by atoms with Gasteiger partial charge in [-0.05, 0) is 37.6 Å². The molecule has 0 saturated carbocycles. The van der Waals surface area contributed by atoms with E-state index < -0.39 is 11.9 Å². The van der Waals surface area contributed by atoms with Gasteiger partial charge >= 0.3 is 5.97 Å². The van der Waals surface area contributed by atoms with E-state index in [0.29, 0.717) is 16.2 Å². The lowest BCUT2D eigenvalue weighted by molar-refractivity contribution is -0.111. The molecule has 0 aliphatic rings. The molecule has 8 heteroatoms. The molecule has 0 unspecified atom stereocenters. The van der Waals surface area contributed by atoms with Crippen LogP contribution < -0.4 is 5.32 Å². The number of hydrogen-bond acceptors (Lipinski definition) is 6. The lowest BCUT2D eigenvalue weighted by Crippen LogP contribution is -2.21. The number of ether oxygens (including phenoxy) is 1. The molecule has 0 fully saturated rings. The Labute approximate surface area is 155 Å². The highest BCUT2D eigenvalue weighted by atomic mass is 32.1. The summed E-state index contributed by atoms with van der Waals surface area (Å²) in [5.74, 6) is -0.748. The fourth-order valence-corrected chi connectivity index (χ4v) is 3.37. The summed E-state index contributed by atoms with van der Waals surface area (Å²) in [5.41, 5.74) is 0.680. The van der Waals surface area contributed by atoms with Crippen LogP contribution in [-0.2, 0) is 9.53 Å². The summed E-state index contributed by atoms with van der Waals surface area (Å²) in [7, 11) is 3.24. The molecule has 2 rings (SSSR count). The molecular weight excluding hydrogens is 356 g/mol. The van der Waals surface area contributed by atoms with Crippen LogP contribution in [0.15, 0.2) is 28.9 Å². The average molecular weight is 376 g/mol. The molecule has 1 N–H and O–H groups in total. The van der Waals surface area contributed by atoms with Gasteiger partial charge in [-0.3, -0.25) is 9.59 Å². The first-order valence-corrected chi connectivity index (χ1v) is 8.71. The molecule has 0 spiro atoms. The maximum Gasteiger partial charge on any atom is 0.341 e.